The third-order valence-electron chi connectivity index (χ3n) is 4.40. The Morgan fingerprint density at radius 1 is 1.25 bits per heavy atom. The highest BCUT2D eigenvalue weighted by molar-refractivity contribution is 6.31. The molecule has 8 nitrogen and oxygen atoms in total. The Morgan fingerprint density at radius 3 is 2.53 bits per heavy atom. The van der Waals surface area contributed by atoms with Crippen LogP contribution in [0.5, 0.6) is 5.75 Å². The number of nitrogens with zero attached hydrogens (tertiary/aromatic N) is 5. The molecule has 2 aromatic heterocycles. The van der Waals surface area contributed by atoms with E-state index in [1.165, 1.54) is 17.4 Å². The lowest BCUT2D eigenvalue weighted by Crippen LogP contribution is -2.40. The number of alkyl halides is 3. The predicted molar refractivity (Wildman–Crippen MR) is 108 cm³/mol. The normalized spacial score (nSPS) is 12.4. The number of benzene rings is 1. The van der Waals surface area contributed by atoms with Gasteiger partial charge < -0.3 is 19.3 Å². The first-order valence-corrected chi connectivity index (χ1v) is 9.72. The summed E-state index contributed by atoms with van der Waals surface area (Å²) in [5, 5.41) is 10.9. The molecule has 2 heterocycles. The zero-order chi connectivity index (χ0) is 23.3. The Bertz CT molecular complexity index is 1060. The van der Waals surface area contributed by atoms with Crippen LogP contribution in [0.15, 0.2) is 49.2 Å². The fourth-order valence-electron chi connectivity index (χ4n) is 2.81. The number of hydrogen-bond acceptors (Lipinski definition) is 6. The second-order valence-electron chi connectivity index (χ2n) is 6.87. The Morgan fingerprint density at radius 2 is 1.94 bits per heavy atom. The van der Waals surface area contributed by atoms with Crippen LogP contribution >= 0.6 is 11.6 Å². The van der Waals surface area contributed by atoms with Crippen LogP contribution < -0.4 is 4.74 Å². The molecule has 1 N–H and O–H groups in total. The van der Waals surface area contributed by atoms with Crippen molar-refractivity contribution in [1.82, 2.24) is 24.4 Å². The lowest BCUT2D eigenvalue weighted by Gasteiger charge is -2.26. The molecule has 0 bridgehead atoms. The minimum absolute atomic E-state index is 0.0485. The van der Waals surface area contributed by atoms with Gasteiger partial charge in [-0.05, 0) is 11.6 Å². The van der Waals surface area contributed by atoms with Gasteiger partial charge in [-0.3, -0.25) is 4.79 Å². The molecule has 1 unspecified atom stereocenters. The summed E-state index contributed by atoms with van der Waals surface area (Å²) >= 11 is 6.22. The monoisotopic (exact) mass is 469 g/mol. The van der Waals surface area contributed by atoms with Gasteiger partial charge in [-0.25, -0.2) is 15.0 Å². The molecule has 0 saturated heterocycles. The van der Waals surface area contributed by atoms with Gasteiger partial charge in [-0.15, -0.1) is 0 Å². The maximum atomic E-state index is 13.0. The van der Waals surface area contributed by atoms with Gasteiger partial charge >= 0.3 is 6.18 Å². The highest BCUT2D eigenvalue weighted by atomic mass is 35.5. The number of carbonyl (C=O) groups is 1. The summed E-state index contributed by atoms with van der Waals surface area (Å²) in [4.78, 5) is 24.7. The fourth-order valence-corrected chi connectivity index (χ4v) is 3.01. The lowest BCUT2D eigenvalue weighted by atomic mass is 10.2. The molecule has 0 radical (unpaired) electrons. The average molecular weight is 470 g/mol. The molecule has 32 heavy (non-hydrogen) atoms. The Hall–Kier alpha value is -3.18. The van der Waals surface area contributed by atoms with E-state index >= 15 is 0 Å². The summed E-state index contributed by atoms with van der Waals surface area (Å²) in [6.45, 7) is -0.312. The van der Waals surface area contributed by atoms with Gasteiger partial charge in [0.2, 0.25) is 5.82 Å². The van der Waals surface area contributed by atoms with E-state index in [1.807, 2.05) is 0 Å². The maximum Gasteiger partial charge on any atom is 0.451 e. The summed E-state index contributed by atoms with van der Waals surface area (Å²) in [6, 6.07) is 6.98. The van der Waals surface area contributed by atoms with Crippen LogP contribution in [-0.4, -0.2) is 54.7 Å². The molecule has 0 fully saturated rings. The van der Waals surface area contributed by atoms with Gasteiger partial charge in [0.15, 0.2) is 5.75 Å². The predicted octanol–water partition coefficient (Wildman–Crippen LogP) is 2.96. The van der Waals surface area contributed by atoms with Crippen LogP contribution in [0, 0.1) is 0 Å². The second kappa shape index (κ2) is 9.96. The number of amides is 1. The quantitative estimate of drug-likeness (QED) is 0.545. The first kappa shape index (κ1) is 23.5. The third-order valence-corrected chi connectivity index (χ3v) is 4.77. The topological polar surface area (TPSA) is 93.4 Å². The van der Waals surface area contributed by atoms with Crippen molar-refractivity contribution in [3.05, 3.63) is 71.3 Å². The molecule has 12 heteroatoms. The zero-order valence-electron chi connectivity index (χ0n) is 16.8. The minimum atomic E-state index is -4.66. The number of halogens is 4. The van der Waals surface area contributed by atoms with Crippen LogP contribution in [0.1, 0.15) is 21.9 Å². The van der Waals surface area contributed by atoms with Crippen LogP contribution in [0.3, 0.4) is 0 Å². The van der Waals surface area contributed by atoms with Crippen molar-refractivity contribution in [2.75, 3.05) is 13.2 Å². The number of carbonyl (C=O) groups excluding carboxylic acids is 1. The largest absolute Gasteiger partial charge is 0.488 e. The minimum Gasteiger partial charge on any atom is -0.488 e. The molecule has 0 spiro atoms. The molecule has 1 amide bonds. The van der Waals surface area contributed by atoms with Gasteiger partial charge in [-0.1, -0.05) is 29.8 Å². The highest BCUT2D eigenvalue weighted by Crippen LogP contribution is 2.26. The van der Waals surface area contributed by atoms with Crippen LogP contribution in [0.2, 0.25) is 5.02 Å². The number of aliphatic hydroxyl groups excluding tert-OH is 1. The summed E-state index contributed by atoms with van der Waals surface area (Å²) in [6.07, 6.45) is -1.20. The second-order valence-corrected chi connectivity index (χ2v) is 7.28. The average Bonchev–Trinajstić information content (AvgIpc) is 3.18. The molecule has 1 atom stereocenters. The summed E-state index contributed by atoms with van der Waals surface area (Å²) in [7, 11) is 1.66. The van der Waals surface area contributed by atoms with Gasteiger partial charge in [0.25, 0.3) is 5.91 Å². The molecule has 1 aromatic carbocycles. The molecular formula is C20H19ClF3N5O3. The van der Waals surface area contributed by atoms with Gasteiger partial charge in [0.1, 0.15) is 18.4 Å². The Kier molecular flexibility index (Phi) is 7.31. The summed E-state index contributed by atoms with van der Waals surface area (Å²) in [5.41, 5.74) is 0.982. The van der Waals surface area contributed by atoms with Crippen LogP contribution in [0.25, 0.3) is 0 Å². The van der Waals surface area contributed by atoms with Gasteiger partial charge in [0, 0.05) is 18.6 Å². The smallest absolute Gasteiger partial charge is 0.451 e. The van der Waals surface area contributed by atoms with Gasteiger partial charge in [0.05, 0.1) is 31.5 Å². The van der Waals surface area contributed by atoms with E-state index in [9.17, 15) is 23.1 Å². The van der Waals surface area contributed by atoms with Crippen molar-refractivity contribution in [3.8, 4) is 5.75 Å². The van der Waals surface area contributed by atoms with E-state index < -0.39 is 18.1 Å². The van der Waals surface area contributed by atoms with Crippen molar-refractivity contribution >= 4 is 17.5 Å². The van der Waals surface area contributed by atoms with Crippen LogP contribution in [0.4, 0.5) is 13.2 Å². The van der Waals surface area contributed by atoms with E-state index in [4.69, 9.17) is 16.3 Å². The number of aromatic nitrogens is 4. The molecule has 170 valence electrons. The zero-order valence-corrected chi connectivity index (χ0v) is 17.6. The molecule has 0 aliphatic rings. The van der Waals surface area contributed by atoms with Crippen LogP contribution in [-0.2, 0) is 19.8 Å². The van der Waals surface area contributed by atoms with E-state index in [0.29, 0.717) is 16.3 Å². The summed E-state index contributed by atoms with van der Waals surface area (Å²) < 4.78 is 44.5. The molecular weight excluding hydrogens is 451 g/mol. The van der Waals surface area contributed by atoms with Gasteiger partial charge in [-0.2, -0.15) is 13.2 Å². The number of imidazole rings is 1. The number of hydrogen-bond donors (Lipinski definition) is 1. The molecule has 0 saturated carbocycles. The summed E-state index contributed by atoms with van der Waals surface area (Å²) in [5.74, 6) is -1.73. The Labute approximate surface area is 186 Å². The van der Waals surface area contributed by atoms with E-state index in [1.54, 1.807) is 35.9 Å². The SMILES string of the molecule is Cn1cncc1C(=O)N(Cc1ccccc1Cl)CC(O)COc1cnc(C(F)(F)F)nc1. The number of aliphatic hydroxyl groups is 1. The third kappa shape index (κ3) is 5.95. The highest BCUT2D eigenvalue weighted by Gasteiger charge is 2.34. The van der Waals surface area contributed by atoms with Crippen molar-refractivity contribution in [3.63, 3.8) is 0 Å². The van der Waals surface area contributed by atoms with Crippen molar-refractivity contribution in [1.29, 1.82) is 0 Å². The van der Waals surface area contributed by atoms with Crippen molar-refractivity contribution < 1.29 is 27.8 Å². The number of rotatable bonds is 8. The van der Waals surface area contributed by atoms with E-state index in [2.05, 4.69) is 15.0 Å². The van der Waals surface area contributed by atoms with E-state index in [0.717, 1.165) is 12.4 Å². The maximum absolute atomic E-state index is 13.0. The molecule has 0 aliphatic carbocycles. The molecule has 0 aliphatic heterocycles. The first-order valence-electron chi connectivity index (χ1n) is 9.34. The molecule has 3 aromatic rings. The lowest BCUT2D eigenvalue weighted by molar-refractivity contribution is -0.145. The van der Waals surface area contributed by atoms with Crippen molar-refractivity contribution in [2.45, 2.75) is 18.8 Å². The standard InChI is InChI=1S/C20H19ClF3N5O3/c1-28-12-25-8-17(28)18(31)29(9-13-4-2-3-5-16(13)21)10-14(30)11-32-15-6-26-19(27-7-15)20(22,23)24/h2-8,12,14,30H,9-11H2,1H3. The first-order chi connectivity index (χ1) is 15.1. The molecule has 3 rings (SSSR count). The number of aryl methyl sites for hydroxylation is 1. The van der Waals surface area contributed by atoms with Crippen molar-refractivity contribution in [2.24, 2.45) is 7.05 Å². The van der Waals surface area contributed by atoms with E-state index in [-0.39, 0.29) is 31.4 Å². The number of ether oxygens (including phenoxy) is 1. The fraction of sp³-hybridized carbons (Fsp3) is 0.300. The Balaban J connectivity index is 1.69.